The zero-order valence-corrected chi connectivity index (χ0v) is 15.0. The molecule has 1 aromatic carbocycles. The van der Waals surface area contributed by atoms with Gasteiger partial charge in [0.2, 0.25) is 5.91 Å². The van der Waals surface area contributed by atoms with E-state index >= 15 is 0 Å². The Labute approximate surface area is 152 Å². The topological polar surface area (TPSA) is 84.5 Å². The number of amides is 1. The van der Waals surface area contributed by atoms with Crippen molar-refractivity contribution in [3.63, 3.8) is 0 Å². The van der Waals surface area contributed by atoms with Crippen molar-refractivity contribution in [1.82, 2.24) is 4.72 Å². The number of hydrogen-bond acceptors (Lipinski definition) is 5. The Bertz CT molecular complexity index is 852. The fraction of sp³-hybridized carbons (Fsp3) is 0.267. The molecule has 0 bridgehead atoms. The highest BCUT2D eigenvalue weighted by atomic mass is 32.2. The first kappa shape index (κ1) is 20.2. The Morgan fingerprint density at radius 1 is 1.27 bits per heavy atom. The van der Waals surface area contributed by atoms with Gasteiger partial charge < -0.3 is 10.1 Å². The summed E-state index contributed by atoms with van der Waals surface area (Å²) >= 11 is 1.01. The fourth-order valence-electron chi connectivity index (χ4n) is 1.84. The van der Waals surface area contributed by atoms with Gasteiger partial charge in [0.25, 0.3) is 10.0 Å². The minimum atomic E-state index is -4.48. The highest BCUT2D eigenvalue weighted by Gasteiger charge is 2.28. The van der Waals surface area contributed by atoms with Crippen LogP contribution >= 0.6 is 11.3 Å². The zero-order valence-electron chi connectivity index (χ0n) is 13.4. The molecule has 2 N–H and O–H groups in total. The van der Waals surface area contributed by atoms with Crippen molar-refractivity contribution in [2.75, 3.05) is 11.9 Å². The number of ether oxygens (including phenoxy) is 1. The molecule has 26 heavy (non-hydrogen) atoms. The molecule has 2 rings (SSSR count). The second kappa shape index (κ2) is 8.06. The summed E-state index contributed by atoms with van der Waals surface area (Å²) in [5.74, 6) is -0.745. The molecule has 0 aliphatic rings. The molecule has 0 saturated carbocycles. The van der Waals surface area contributed by atoms with E-state index in [1.807, 2.05) is 0 Å². The van der Waals surface area contributed by atoms with Crippen LogP contribution in [-0.2, 0) is 14.8 Å². The van der Waals surface area contributed by atoms with Crippen LogP contribution in [0.5, 0.6) is 5.75 Å². The summed E-state index contributed by atoms with van der Waals surface area (Å²) in [4.78, 5) is 12.1. The quantitative estimate of drug-likeness (QED) is 0.738. The van der Waals surface area contributed by atoms with Crippen molar-refractivity contribution in [2.24, 2.45) is 0 Å². The zero-order chi connectivity index (χ0) is 19.4. The van der Waals surface area contributed by atoms with Crippen molar-refractivity contribution in [3.8, 4) is 5.75 Å². The van der Waals surface area contributed by atoms with E-state index in [2.05, 4.69) is 14.8 Å². The van der Waals surface area contributed by atoms with Gasteiger partial charge in [0.1, 0.15) is 9.96 Å². The minimum Gasteiger partial charge on any atom is -0.484 e. The summed E-state index contributed by atoms with van der Waals surface area (Å²) in [6.45, 7) is -0.105. The number of rotatable bonds is 7. The average Bonchev–Trinajstić information content (AvgIpc) is 3.07. The highest BCUT2D eigenvalue weighted by molar-refractivity contribution is 7.91. The summed E-state index contributed by atoms with van der Waals surface area (Å²) in [5, 5.41) is 4.01. The van der Waals surface area contributed by atoms with E-state index in [0.717, 1.165) is 11.3 Å². The summed E-state index contributed by atoms with van der Waals surface area (Å²) in [6.07, 6.45) is -4.48. The van der Waals surface area contributed by atoms with E-state index in [9.17, 15) is 26.4 Å². The Hall–Kier alpha value is -2.11. The van der Waals surface area contributed by atoms with Crippen LogP contribution in [0.4, 0.5) is 18.9 Å². The molecular formula is C15H15F3N2O4S2. The summed E-state index contributed by atoms with van der Waals surface area (Å²) < 4.78 is 67.6. The van der Waals surface area contributed by atoms with E-state index in [1.54, 1.807) is 11.4 Å². The van der Waals surface area contributed by atoms with Gasteiger partial charge in [0.15, 0.2) is 6.61 Å². The van der Waals surface area contributed by atoms with Crippen molar-refractivity contribution in [1.29, 1.82) is 0 Å². The lowest BCUT2D eigenvalue weighted by atomic mass is 10.2. The molecule has 0 fully saturated rings. The average molecular weight is 408 g/mol. The van der Waals surface area contributed by atoms with Gasteiger partial charge in [-0.15, -0.1) is 11.3 Å². The third-order valence-corrected chi connectivity index (χ3v) is 5.93. The second-order valence-electron chi connectivity index (χ2n) is 5.20. The van der Waals surface area contributed by atoms with E-state index < -0.39 is 34.8 Å². The van der Waals surface area contributed by atoms with Crippen LogP contribution < -0.4 is 14.8 Å². The van der Waals surface area contributed by atoms with Crippen molar-refractivity contribution < 1.29 is 31.1 Å². The number of sulfonamides is 1. The van der Waals surface area contributed by atoms with E-state index in [1.165, 1.54) is 37.3 Å². The first-order valence-corrected chi connectivity index (χ1v) is 9.59. The van der Waals surface area contributed by atoms with Crippen LogP contribution in [0.3, 0.4) is 0 Å². The van der Waals surface area contributed by atoms with Gasteiger partial charge in [0.05, 0.1) is 6.04 Å². The van der Waals surface area contributed by atoms with Crippen molar-refractivity contribution in [3.05, 3.63) is 41.8 Å². The molecule has 11 heteroatoms. The van der Waals surface area contributed by atoms with Crippen LogP contribution in [0, 0.1) is 0 Å². The first-order chi connectivity index (χ1) is 12.1. The van der Waals surface area contributed by atoms with E-state index in [-0.39, 0.29) is 15.6 Å². The molecule has 6 nitrogen and oxygen atoms in total. The number of carbonyl (C=O) groups is 1. The number of thiophene rings is 1. The Kier molecular flexibility index (Phi) is 6.26. The number of carbonyl (C=O) groups excluding carboxylic acids is 1. The Balaban J connectivity index is 1.98. The van der Waals surface area contributed by atoms with Gasteiger partial charge in [-0.2, -0.15) is 17.9 Å². The van der Waals surface area contributed by atoms with Gasteiger partial charge in [-0.05, 0) is 30.5 Å². The fourth-order valence-corrected chi connectivity index (χ4v) is 4.05. The molecule has 142 valence electrons. The van der Waals surface area contributed by atoms with Crippen LogP contribution in [0.25, 0.3) is 0 Å². The molecule has 0 aliphatic carbocycles. The Morgan fingerprint density at radius 3 is 2.62 bits per heavy atom. The van der Waals surface area contributed by atoms with Crippen LogP contribution in [0.15, 0.2) is 46.0 Å². The number of nitrogens with one attached hydrogen (secondary N) is 2. The molecule has 0 aliphatic heterocycles. The number of hydrogen-bond donors (Lipinski definition) is 2. The van der Waals surface area contributed by atoms with Crippen LogP contribution in [-0.4, -0.2) is 33.1 Å². The Morgan fingerprint density at radius 2 is 2.00 bits per heavy atom. The van der Waals surface area contributed by atoms with Crippen molar-refractivity contribution >= 4 is 33.0 Å². The molecule has 2 aromatic rings. The molecule has 1 heterocycles. The summed E-state index contributed by atoms with van der Waals surface area (Å²) in [5.41, 5.74) is 0.178. The molecule has 0 radical (unpaired) electrons. The lowest BCUT2D eigenvalue weighted by molar-refractivity contribution is -0.153. The molecule has 0 saturated heterocycles. The summed E-state index contributed by atoms with van der Waals surface area (Å²) in [6, 6.07) is 7.24. The third-order valence-electron chi connectivity index (χ3n) is 2.99. The van der Waals surface area contributed by atoms with Gasteiger partial charge in [-0.25, -0.2) is 8.42 Å². The van der Waals surface area contributed by atoms with Gasteiger partial charge in [-0.3, -0.25) is 4.79 Å². The molecular weight excluding hydrogens is 393 g/mol. The standard InChI is InChI=1S/C15H15F3N2O4S2/c1-10(20-26(22,23)13-6-3-7-25-13)14(21)19-11-4-2-5-12(8-11)24-9-15(16,17)18/h2-8,10,20H,9H2,1H3,(H,19,21). The van der Waals surface area contributed by atoms with Crippen LogP contribution in [0.1, 0.15) is 6.92 Å². The molecule has 1 amide bonds. The second-order valence-corrected chi connectivity index (χ2v) is 8.08. The van der Waals surface area contributed by atoms with Gasteiger partial charge in [0, 0.05) is 11.8 Å². The van der Waals surface area contributed by atoms with Gasteiger partial charge >= 0.3 is 6.18 Å². The van der Waals surface area contributed by atoms with Gasteiger partial charge in [-0.1, -0.05) is 12.1 Å². The molecule has 1 atom stereocenters. The van der Waals surface area contributed by atoms with E-state index in [4.69, 9.17) is 0 Å². The number of alkyl halides is 3. The SMILES string of the molecule is CC(NS(=O)(=O)c1cccs1)C(=O)Nc1cccc(OCC(F)(F)F)c1. The predicted molar refractivity (Wildman–Crippen MR) is 90.7 cm³/mol. The number of anilines is 1. The van der Waals surface area contributed by atoms with Crippen molar-refractivity contribution in [2.45, 2.75) is 23.4 Å². The van der Waals surface area contributed by atoms with Crippen LogP contribution in [0.2, 0.25) is 0 Å². The molecule has 0 spiro atoms. The maximum absolute atomic E-state index is 12.2. The maximum Gasteiger partial charge on any atom is 0.422 e. The predicted octanol–water partition coefficient (Wildman–Crippen LogP) is 2.99. The lowest BCUT2D eigenvalue weighted by Crippen LogP contribution is -2.41. The minimum absolute atomic E-state index is 0.0692. The molecule has 1 unspecified atom stereocenters. The maximum atomic E-state index is 12.2. The number of halogens is 3. The monoisotopic (exact) mass is 408 g/mol. The lowest BCUT2D eigenvalue weighted by Gasteiger charge is -2.14. The normalized spacial score (nSPS) is 13.2. The highest BCUT2D eigenvalue weighted by Crippen LogP contribution is 2.21. The number of benzene rings is 1. The summed E-state index contributed by atoms with van der Waals surface area (Å²) in [7, 11) is -3.83. The smallest absolute Gasteiger partial charge is 0.422 e. The first-order valence-electron chi connectivity index (χ1n) is 7.23. The largest absolute Gasteiger partial charge is 0.484 e. The van der Waals surface area contributed by atoms with E-state index in [0.29, 0.717) is 0 Å². The third kappa shape index (κ3) is 6.00. The molecule has 1 aromatic heterocycles.